The number of hydrogen-bond acceptors (Lipinski definition) is 5. The number of carbonyl (C=O) groups is 3. The highest BCUT2D eigenvalue weighted by Gasteiger charge is 2.37. The van der Waals surface area contributed by atoms with Crippen LogP contribution in [0, 0.1) is 0 Å². The first-order valence-electron chi connectivity index (χ1n) is 9.98. The van der Waals surface area contributed by atoms with Crippen molar-refractivity contribution in [2.75, 3.05) is 16.8 Å². The van der Waals surface area contributed by atoms with Gasteiger partial charge in [0.2, 0.25) is 0 Å². The average molecular weight is 470 g/mol. The molecule has 0 unspecified atom stereocenters. The monoisotopic (exact) mass is 470 g/mol. The zero-order chi connectivity index (χ0) is 24.3. The van der Waals surface area contributed by atoms with Gasteiger partial charge in [0.25, 0.3) is 11.8 Å². The molecule has 3 aromatic rings. The van der Waals surface area contributed by atoms with Gasteiger partial charge < -0.3 is 15.0 Å². The molecule has 2 heterocycles. The van der Waals surface area contributed by atoms with E-state index < -0.39 is 30.0 Å². The van der Waals surface area contributed by atoms with Crippen LogP contribution >= 0.6 is 0 Å². The van der Waals surface area contributed by atoms with Crippen molar-refractivity contribution in [3.05, 3.63) is 84.2 Å². The maximum absolute atomic E-state index is 12.8. The number of nitrogens with zero attached hydrogens (tertiary/aromatic N) is 3. The molecular formula is C23H17F3N4O4. The van der Waals surface area contributed by atoms with Gasteiger partial charge in [0.15, 0.2) is 0 Å². The molecule has 34 heavy (non-hydrogen) atoms. The lowest BCUT2D eigenvalue weighted by molar-refractivity contribution is -0.274. The van der Waals surface area contributed by atoms with Gasteiger partial charge in [0.1, 0.15) is 18.0 Å². The summed E-state index contributed by atoms with van der Waals surface area (Å²) in [5.74, 6) is -1.43. The van der Waals surface area contributed by atoms with Gasteiger partial charge in [-0.3, -0.25) is 14.6 Å². The van der Waals surface area contributed by atoms with E-state index in [0.717, 1.165) is 17.0 Å². The number of alkyl halides is 3. The minimum atomic E-state index is -4.85. The van der Waals surface area contributed by atoms with Crippen molar-refractivity contribution < 1.29 is 32.3 Å². The van der Waals surface area contributed by atoms with Crippen molar-refractivity contribution >= 4 is 29.2 Å². The van der Waals surface area contributed by atoms with E-state index in [-0.39, 0.29) is 24.5 Å². The first-order valence-corrected chi connectivity index (χ1v) is 9.98. The zero-order valence-electron chi connectivity index (χ0n) is 17.5. The molecule has 4 amide bonds. The molecule has 1 aliphatic heterocycles. The summed E-state index contributed by atoms with van der Waals surface area (Å²) in [5, 5.41) is 2.72. The van der Waals surface area contributed by atoms with Crippen molar-refractivity contribution in [2.24, 2.45) is 0 Å². The van der Waals surface area contributed by atoms with Gasteiger partial charge in [-0.25, -0.2) is 9.69 Å². The number of carbonyl (C=O) groups excluding carboxylic acids is 3. The molecule has 1 saturated heterocycles. The van der Waals surface area contributed by atoms with Crippen LogP contribution in [0.15, 0.2) is 72.9 Å². The largest absolute Gasteiger partial charge is 0.573 e. The van der Waals surface area contributed by atoms with E-state index in [2.05, 4.69) is 15.0 Å². The van der Waals surface area contributed by atoms with Gasteiger partial charge in [-0.2, -0.15) is 0 Å². The van der Waals surface area contributed by atoms with Crippen molar-refractivity contribution in [1.82, 2.24) is 9.88 Å². The van der Waals surface area contributed by atoms with Gasteiger partial charge in [-0.05, 0) is 54.1 Å². The Bertz CT molecular complexity index is 1220. The molecule has 1 aliphatic rings. The van der Waals surface area contributed by atoms with Gasteiger partial charge in [-0.15, -0.1) is 13.2 Å². The molecule has 0 bridgehead atoms. The molecule has 0 aliphatic carbocycles. The second kappa shape index (κ2) is 9.22. The van der Waals surface area contributed by atoms with E-state index in [9.17, 15) is 27.6 Å². The molecule has 4 rings (SSSR count). The van der Waals surface area contributed by atoms with E-state index in [4.69, 9.17) is 0 Å². The lowest BCUT2D eigenvalue weighted by Crippen LogP contribution is -2.32. The summed E-state index contributed by atoms with van der Waals surface area (Å²) in [7, 11) is 0. The number of anilines is 2. The predicted molar refractivity (Wildman–Crippen MR) is 115 cm³/mol. The fourth-order valence-corrected chi connectivity index (χ4v) is 3.36. The molecular weight excluding hydrogens is 453 g/mol. The molecule has 8 nitrogen and oxygen atoms in total. The molecule has 1 fully saturated rings. The maximum Gasteiger partial charge on any atom is 0.573 e. The quantitative estimate of drug-likeness (QED) is 0.546. The van der Waals surface area contributed by atoms with E-state index in [0.29, 0.717) is 11.3 Å². The average Bonchev–Trinajstić information content (AvgIpc) is 3.07. The Kier molecular flexibility index (Phi) is 6.17. The van der Waals surface area contributed by atoms with Crippen LogP contribution in [-0.2, 0) is 11.3 Å². The molecule has 0 saturated carbocycles. The fraction of sp³-hybridized carbons (Fsp3) is 0.130. The number of aromatic nitrogens is 1. The first kappa shape index (κ1) is 22.8. The van der Waals surface area contributed by atoms with Crippen LogP contribution in [0.2, 0.25) is 0 Å². The van der Waals surface area contributed by atoms with E-state index in [1.54, 1.807) is 30.3 Å². The summed E-state index contributed by atoms with van der Waals surface area (Å²) in [4.78, 5) is 43.9. The summed E-state index contributed by atoms with van der Waals surface area (Å²) in [6.07, 6.45) is -3.42. The number of halogens is 3. The third kappa shape index (κ3) is 5.31. The Hall–Kier alpha value is -4.41. The lowest BCUT2D eigenvalue weighted by Gasteiger charge is -2.18. The molecule has 2 aromatic carbocycles. The third-order valence-electron chi connectivity index (χ3n) is 4.83. The predicted octanol–water partition coefficient (Wildman–Crippen LogP) is 4.20. The number of hydrogen-bond donors (Lipinski definition) is 1. The maximum atomic E-state index is 12.8. The van der Waals surface area contributed by atoms with E-state index >= 15 is 0 Å². The summed E-state index contributed by atoms with van der Waals surface area (Å²) in [5.41, 5.74) is 1.42. The van der Waals surface area contributed by atoms with Crippen molar-refractivity contribution in [2.45, 2.75) is 12.9 Å². The highest BCUT2D eigenvalue weighted by Crippen LogP contribution is 2.28. The standard InChI is InChI=1S/C23H17F3N4O4/c24-23(25,26)34-18-8-6-17(7-9-18)30-20(31)14-29(22(30)33)13-15-10-11-27-19(12-15)21(32)28-16-4-2-1-3-5-16/h1-12H,13-14H2,(H,28,32). The lowest BCUT2D eigenvalue weighted by atomic mass is 10.2. The highest BCUT2D eigenvalue weighted by atomic mass is 19.4. The van der Waals surface area contributed by atoms with E-state index in [1.807, 2.05) is 6.07 Å². The molecule has 1 aromatic heterocycles. The SMILES string of the molecule is O=C(Nc1ccccc1)c1cc(CN2CC(=O)N(c3ccc(OC(F)(F)F)cc3)C2=O)ccn1. The number of nitrogens with one attached hydrogen (secondary N) is 1. The van der Waals surface area contributed by atoms with Crippen LogP contribution in [0.5, 0.6) is 5.75 Å². The van der Waals surface area contributed by atoms with Crippen molar-refractivity contribution in [3.63, 3.8) is 0 Å². The number of ether oxygens (including phenoxy) is 1. The zero-order valence-corrected chi connectivity index (χ0v) is 17.5. The smallest absolute Gasteiger partial charge is 0.406 e. The Morgan fingerprint density at radius 2 is 1.74 bits per heavy atom. The highest BCUT2D eigenvalue weighted by molar-refractivity contribution is 6.19. The Morgan fingerprint density at radius 1 is 1.03 bits per heavy atom. The van der Waals surface area contributed by atoms with Crippen LogP contribution < -0.4 is 15.0 Å². The van der Waals surface area contributed by atoms with Crippen LogP contribution in [0.1, 0.15) is 16.1 Å². The number of para-hydroxylation sites is 1. The molecule has 0 spiro atoms. The normalized spacial score (nSPS) is 13.9. The second-order valence-electron chi connectivity index (χ2n) is 7.28. The molecule has 1 N–H and O–H groups in total. The summed E-state index contributed by atoms with van der Waals surface area (Å²) < 4.78 is 40.8. The molecule has 174 valence electrons. The second-order valence-corrected chi connectivity index (χ2v) is 7.28. The first-order chi connectivity index (χ1) is 16.2. The summed E-state index contributed by atoms with van der Waals surface area (Å²) >= 11 is 0. The van der Waals surface area contributed by atoms with Gasteiger partial charge in [0, 0.05) is 18.4 Å². The molecule has 11 heteroatoms. The Labute approximate surface area is 191 Å². The Morgan fingerprint density at radius 3 is 2.41 bits per heavy atom. The number of pyridine rings is 1. The van der Waals surface area contributed by atoms with Gasteiger partial charge >= 0.3 is 12.4 Å². The van der Waals surface area contributed by atoms with Crippen LogP contribution in [0.4, 0.5) is 29.3 Å². The van der Waals surface area contributed by atoms with Crippen LogP contribution in [0.3, 0.4) is 0 Å². The third-order valence-corrected chi connectivity index (χ3v) is 4.83. The van der Waals surface area contributed by atoms with E-state index in [1.165, 1.54) is 29.3 Å². The van der Waals surface area contributed by atoms with Gasteiger partial charge in [-0.1, -0.05) is 18.2 Å². The van der Waals surface area contributed by atoms with Crippen molar-refractivity contribution in [1.29, 1.82) is 0 Å². The topological polar surface area (TPSA) is 91.8 Å². The minimum absolute atomic E-state index is 0.0322. The Balaban J connectivity index is 1.44. The summed E-state index contributed by atoms with van der Waals surface area (Å²) in [6.45, 7) is -0.196. The van der Waals surface area contributed by atoms with Gasteiger partial charge in [0.05, 0.1) is 5.69 Å². The number of benzene rings is 2. The van der Waals surface area contributed by atoms with Crippen LogP contribution in [0.25, 0.3) is 0 Å². The minimum Gasteiger partial charge on any atom is -0.406 e. The number of imide groups is 1. The molecule has 0 radical (unpaired) electrons. The van der Waals surface area contributed by atoms with Crippen LogP contribution in [-0.4, -0.2) is 40.6 Å². The number of urea groups is 1. The summed E-state index contributed by atoms with van der Waals surface area (Å²) in [6, 6.07) is 15.7. The fourth-order valence-electron chi connectivity index (χ4n) is 3.36. The van der Waals surface area contributed by atoms with Crippen molar-refractivity contribution in [3.8, 4) is 5.75 Å². The number of amides is 4. The molecule has 0 atom stereocenters. The number of rotatable bonds is 6.